The van der Waals surface area contributed by atoms with Gasteiger partial charge in [-0.25, -0.2) is 4.98 Å². The second-order valence-corrected chi connectivity index (χ2v) is 8.46. The van der Waals surface area contributed by atoms with Crippen LogP contribution in [0.4, 0.5) is 5.13 Å². The molecule has 2 aromatic heterocycles. The van der Waals surface area contributed by atoms with Crippen LogP contribution in [0.15, 0.2) is 78.0 Å². The molecule has 0 spiro atoms. The molecule has 28 heavy (non-hydrogen) atoms. The Morgan fingerprint density at radius 1 is 1.07 bits per heavy atom. The van der Waals surface area contributed by atoms with Crippen molar-refractivity contribution in [2.24, 2.45) is 0 Å². The number of aromatic nitrogens is 2. The van der Waals surface area contributed by atoms with Gasteiger partial charge in [-0.2, -0.15) is 0 Å². The number of hydrogen-bond donors (Lipinski definition) is 0. The van der Waals surface area contributed by atoms with Crippen LogP contribution in [-0.4, -0.2) is 21.6 Å². The maximum absolute atomic E-state index is 13.1. The Bertz CT molecular complexity index is 1040. The molecule has 1 amide bonds. The molecule has 0 radical (unpaired) electrons. The molecular weight excluding hydrogens is 386 g/mol. The van der Waals surface area contributed by atoms with E-state index in [2.05, 4.69) is 36.2 Å². The topological polar surface area (TPSA) is 46.1 Å². The van der Waals surface area contributed by atoms with Crippen molar-refractivity contribution < 1.29 is 4.79 Å². The van der Waals surface area contributed by atoms with E-state index in [1.165, 1.54) is 5.56 Å². The number of carbonyl (C=O) groups excluding carboxylic acids is 1. The van der Waals surface area contributed by atoms with Crippen molar-refractivity contribution in [3.05, 3.63) is 84.2 Å². The van der Waals surface area contributed by atoms with Crippen molar-refractivity contribution in [2.45, 2.75) is 18.4 Å². The lowest BCUT2D eigenvalue weighted by molar-refractivity contribution is -0.116. The van der Waals surface area contributed by atoms with E-state index in [0.29, 0.717) is 12.3 Å². The fourth-order valence-corrected chi connectivity index (χ4v) is 4.53. The zero-order valence-corrected chi connectivity index (χ0v) is 17.0. The van der Waals surface area contributed by atoms with Gasteiger partial charge in [0.1, 0.15) is 0 Å². The Morgan fingerprint density at radius 3 is 2.64 bits per heavy atom. The summed E-state index contributed by atoms with van der Waals surface area (Å²) in [5.74, 6) is 0.396. The molecule has 0 N–H and O–H groups in total. The summed E-state index contributed by atoms with van der Waals surface area (Å²) >= 11 is 3.09. The van der Waals surface area contributed by atoms with Crippen molar-refractivity contribution in [2.75, 3.05) is 10.7 Å². The number of carbonyl (C=O) groups is 1. The number of benzene rings is 2. The second kappa shape index (κ2) is 8.54. The largest absolute Gasteiger partial charge is 0.283 e. The second-order valence-electron chi connectivity index (χ2n) is 6.41. The van der Waals surface area contributed by atoms with Gasteiger partial charge in [0.05, 0.1) is 22.5 Å². The average Bonchev–Trinajstić information content (AvgIpc) is 3.16. The van der Waals surface area contributed by atoms with Gasteiger partial charge in [-0.15, -0.1) is 11.8 Å². The maximum atomic E-state index is 13.1. The van der Waals surface area contributed by atoms with Gasteiger partial charge >= 0.3 is 0 Å². The number of pyridine rings is 1. The molecule has 4 rings (SSSR count). The highest BCUT2D eigenvalue weighted by Crippen LogP contribution is 2.30. The lowest BCUT2D eigenvalue weighted by Gasteiger charge is -2.19. The number of nitrogens with zero attached hydrogens (tertiary/aromatic N) is 3. The number of anilines is 1. The highest BCUT2D eigenvalue weighted by molar-refractivity contribution is 8.00. The van der Waals surface area contributed by atoms with Crippen LogP contribution >= 0.6 is 23.1 Å². The van der Waals surface area contributed by atoms with Crippen molar-refractivity contribution in [1.82, 2.24) is 9.97 Å². The molecule has 0 atom stereocenters. The van der Waals surface area contributed by atoms with Gasteiger partial charge < -0.3 is 0 Å². The molecule has 2 aromatic carbocycles. The van der Waals surface area contributed by atoms with E-state index in [9.17, 15) is 4.79 Å². The number of aryl methyl sites for hydroxylation is 1. The lowest BCUT2D eigenvalue weighted by Crippen LogP contribution is -2.31. The van der Waals surface area contributed by atoms with E-state index in [4.69, 9.17) is 4.98 Å². The maximum Gasteiger partial charge on any atom is 0.239 e. The summed E-state index contributed by atoms with van der Waals surface area (Å²) in [7, 11) is 0. The zero-order valence-electron chi connectivity index (χ0n) is 15.4. The summed E-state index contributed by atoms with van der Waals surface area (Å²) in [5, 5.41) is 0.722. The Kier molecular flexibility index (Phi) is 5.69. The first-order valence-electron chi connectivity index (χ1n) is 8.93. The van der Waals surface area contributed by atoms with Crippen molar-refractivity contribution in [1.29, 1.82) is 0 Å². The average molecular weight is 406 g/mol. The van der Waals surface area contributed by atoms with Crippen LogP contribution in [-0.2, 0) is 11.3 Å². The monoisotopic (exact) mass is 405 g/mol. The quantitative estimate of drug-likeness (QED) is 0.407. The number of amides is 1. The molecule has 0 unspecified atom stereocenters. The highest BCUT2D eigenvalue weighted by Gasteiger charge is 2.20. The molecule has 0 fully saturated rings. The number of thiazole rings is 1. The van der Waals surface area contributed by atoms with Crippen molar-refractivity contribution >= 4 is 44.4 Å². The lowest BCUT2D eigenvalue weighted by atomic mass is 10.2. The number of thioether (sulfide) groups is 1. The van der Waals surface area contributed by atoms with Gasteiger partial charge in [0.15, 0.2) is 5.13 Å². The van der Waals surface area contributed by atoms with Gasteiger partial charge in [0.25, 0.3) is 0 Å². The molecule has 0 aliphatic heterocycles. The zero-order chi connectivity index (χ0) is 19.3. The minimum atomic E-state index is 0.0356. The predicted molar refractivity (Wildman–Crippen MR) is 117 cm³/mol. The van der Waals surface area contributed by atoms with Gasteiger partial charge in [-0.05, 0) is 42.8 Å². The van der Waals surface area contributed by atoms with Crippen molar-refractivity contribution in [3.8, 4) is 0 Å². The fourth-order valence-electron chi connectivity index (χ4n) is 2.77. The molecule has 140 valence electrons. The fraction of sp³-hybridized carbons (Fsp3) is 0.136. The third-order valence-corrected chi connectivity index (χ3v) is 6.32. The Hall–Kier alpha value is -2.70. The van der Waals surface area contributed by atoms with E-state index < -0.39 is 0 Å². The first-order chi connectivity index (χ1) is 13.7. The third kappa shape index (κ3) is 4.40. The molecule has 0 aliphatic carbocycles. The summed E-state index contributed by atoms with van der Waals surface area (Å²) in [6.07, 6.45) is 3.53. The van der Waals surface area contributed by atoms with E-state index in [1.54, 1.807) is 40.4 Å². The van der Waals surface area contributed by atoms with E-state index >= 15 is 0 Å². The van der Waals surface area contributed by atoms with E-state index in [0.717, 1.165) is 25.8 Å². The van der Waals surface area contributed by atoms with Gasteiger partial charge in [0.2, 0.25) is 5.91 Å². The van der Waals surface area contributed by atoms with Gasteiger partial charge in [0, 0.05) is 17.3 Å². The molecular formula is C22H19N3OS2. The molecule has 4 aromatic rings. The SMILES string of the molecule is Cc1ccc(SCC(=O)N(Cc2cccnc2)c2nc3ccccc3s2)cc1. The summed E-state index contributed by atoms with van der Waals surface area (Å²) in [4.78, 5) is 24.8. The molecule has 6 heteroatoms. The number of hydrogen-bond acceptors (Lipinski definition) is 5. The van der Waals surface area contributed by atoms with E-state index in [1.807, 2.05) is 36.4 Å². The van der Waals surface area contributed by atoms with Crippen LogP contribution < -0.4 is 4.90 Å². The summed E-state index contributed by atoms with van der Waals surface area (Å²) in [6.45, 7) is 2.52. The molecule has 2 heterocycles. The van der Waals surface area contributed by atoms with Crippen LogP contribution in [0.1, 0.15) is 11.1 Å². The predicted octanol–water partition coefficient (Wildman–Crippen LogP) is 5.33. The normalized spacial score (nSPS) is 10.9. The molecule has 0 saturated carbocycles. The van der Waals surface area contributed by atoms with Crippen LogP contribution in [0.3, 0.4) is 0 Å². The molecule has 4 nitrogen and oxygen atoms in total. The third-order valence-electron chi connectivity index (χ3n) is 4.26. The van der Waals surface area contributed by atoms with Crippen LogP contribution in [0.25, 0.3) is 10.2 Å². The number of para-hydroxylation sites is 1. The van der Waals surface area contributed by atoms with Crippen LogP contribution in [0.2, 0.25) is 0 Å². The van der Waals surface area contributed by atoms with Crippen molar-refractivity contribution in [3.63, 3.8) is 0 Å². The standard InChI is InChI=1S/C22H19N3OS2/c1-16-8-10-18(11-9-16)27-15-21(26)25(14-17-5-4-12-23-13-17)22-24-19-6-2-3-7-20(19)28-22/h2-13H,14-15H2,1H3. The summed E-state index contributed by atoms with van der Waals surface area (Å²) in [6, 6.07) is 20.1. The Morgan fingerprint density at radius 2 is 1.89 bits per heavy atom. The van der Waals surface area contributed by atoms with E-state index in [-0.39, 0.29) is 5.91 Å². The summed E-state index contributed by atoms with van der Waals surface area (Å²) in [5.41, 5.74) is 3.11. The Labute approximate surface area is 172 Å². The van der Waals surface area contributed by atoms with Gasteiger partial charge in [-0.3, -0.25) is 14.7 Å². The van der Waals surface area contributed by atoms with Crippen LogP contribution in [0, 0.1) is 6.92 Å². The highest BCUT2D eigenvalue weighted by atomic mass is 32.2. The van der Waals surface area contributed by atoms with Crippen LogP contribution in [0.5, 0.6) is 0 Å². The minimum Gasteiger partial charge on any atom is -0.283 e. The first kappa shape index (κ1) is 18.7. The molecule has 0 saturated heterocycles. The smallest absolute Gasteiger partial charge is 0.239 e. The number of fused-ring (bicyclic) bond motifs is 1. The summed E-state index contributed by atoms with van der Waals surface area (Å²) < 4.78 is 1.08. The minimum absolute atomic E-state index is 0.0356. The van der Waals surface area contributed by atoms with Gasteiger partial charge in [-0.1, -0.05) is 47.2 Å². The molecule has 0 bridgehead atoms. The first-order valence-corrected chi connectivity index (χ1v) is 10.7. The molecule has 0 aliphatic rings. The number of rotatable bonds is 6. The Balaban J connectivity index is 1.58.